The van der Waals surface area contributed by atoms with E-state index < -0.39 is 20.0 Å². The summed E-state index contributed by atoms with van der Waals surface area (Å²) < 4.78 is 23.2. The number of nitrogens with zero attached hydrogens (tertiary/aromatic N) is 1. The van der Waals surface area contributed by atoms with Gasteiger partial charge in [0.05, 0.1) is 39.9 Å². The van der Waals surface area contributed by atoms with Crippen LogP contribution < -0.4 is 5.32 Å². The molecule has 46 heavy (non-hydrogen) atoms. The molecule has 0 fully saturated rings. The van der Waals surface area contributed by atoms with Crippen LogP contribution in [0.3, 0.4) is 0 Å². The molecule has 0 aliphatic carbocycles. The second kappa shape index (κ2) is 30.1. The molecule has 0 bridgehead atoms. The van der Waals surface area contributed by atoms with Crippen molar-refractivity contribution in [1.82, 2.24) is 5.32 Å². The number of aliphatic hydroxyl groups excluding tert-OH is 1. The Bertz CT molecular complexity index is 814. The first-order chi connectivity index (χ1) is 22.0. The zero-order valence-corrected chi connectivity index (χ0v) is 31.5. The number of allylic oxidation sites excluding steroid dienone is 4. The summed E-state index contributed by atoms with van der Waals surface area (Å²) in [6.45, 7) is 4.69. The average molecular weight is 674 g/mol. The lowest BCUT2D eigenvalue weighted by atomic mass is 10.0. The molecule has 0 aliphatic heterocycles. The summed E-state index contributed by atoms with van der Waals surface area (Å²) in [5.74, 6) is -0.162. The van der Waals surface area contributed by atoms with Crippen LogP contribution >= 0.6 is 7.82 Å². The Kier molecular flexibility index (Phi) is 29.4. The number of unbranched alkanes of at least 4 members (excludes halogenated alkanes) is 16. The van der Waals surface area contributed by atoms with E-state index in [4.69, 9.17) is 9.05 Å². The number of phosphoric ester groups is 1. The van der Waals surface area contributed by atoms with Crippen LogP contribution in [0.15, 0.2) is 24.3 Å². The molecule has 3 N–H and O–H groups in total. The number of aliphatic hydroxyl groups is 1. The van der Waals surface area contributed by atoms with Gasteiger partial charge in [-0.1, -0.05) is 128 Å². The summed E-state index contributed by atoms with van der Waals surface area (Å²) >= 11 is 0. The Morgan fingerprint density at radius 3 is 1.78 bits per heavy atom. The van der Waals surface area contributed by atoms with E-state index in [1.165, 1.54) is 83.5 Å². The number of quaternary nitrogens is 1. The fraction of sp³-hybridized carbons (Fsp3) is 0.865. The number of hydrogen-bond donors (Lipinski definition) is 3. The lowest BCUT2D eigenvalue weighted by Gasteiger charge is -2.26. The van der Waals surface area contributed by atoms with Gasteiger partial charge in [0.15, 0.2) is 0 Å². The van der Waals surface area contributed by atoms with Crippen molar-refractivity contribution in [3.8, 4) is 0 Å². The van der Waals surface area contributed by atoms with Gasteiger partial charge in [0.25, 0.3) is 0 Å². The Hall–Kier alpha value is -1.02. The summed E-state index contributed by atoms with van der Waals surface area (Å²) in [4.78, 5) is 22.7. The molecule has 0 aliphatic rings. The predicted octanol–water partition coefficient (Wildman–Crippen LogP) is 9.41. The van der Waals surface area contributed by atoms with Crippen molar-refractivity contribution in [2.24, 2.45) is 0 Å². The van der Waals surface area contributed by atoms with Crippen molar-refractivity contribution in [2.45, 2.75) is 167 Å². The molecule has 8 nitrogen and oxygen atoms in total. The highest BCUT2D eigenvalue weighted by molar-refractivity contribution is 7.47. The van der Waals surface area contributed by atoms with Crippen molar-refractivity contribution in [1.29, 1.82) is 0 Å². The van der Waals surface area contributed by atoms with Crippen LogP contribution in [-0.2, 0) is 18.4 Å². The third-order valence-corrected chi connectivity index (χ3v) is 9.19. The van der Waals surface area contributed by atoms with E-state index in [0.29, 0.717) is 23.9 Å². The highest BCUT2D eigenvalue weighted by Gasteiger charge is 2.28. The molecular formula is C37H74N2O6P+. The molecule has 0 radical (unpaired) electrons. The minimum absolute atomic E-state index is 0.0720. The maximum absolute atomic E-state index is 12.6. The lowest BCUT2D eigenvalue weighted by Crippen LogP contribution is -2.46. The molecule has 3 unspecified atom stereocenters. The van der Waals surface area contributed by atoms with Gasteiger partial charge in [0, 0.05) is 6.42 Å². The minimum atomic E-state index is -4.28. The monoisotopic (exact) mass is 674 g/mol. The first-order valence-electron chi connectivity index (χ1n) is 18.7. The van der Waals surface area contributed by atoms with Gasteiger partial charge in [0.1, 0.15) is 13.2 Å². The summed E-state index contributed by atoms with van der Waals surface area (Å²) in [6, 6.07) is -0.755. The maximum atomic E-state index is 12.6. The van der Waals surface area contributed by atoms with E-state index in [0.717, 1.165) is 44.9 Å². The molecule has 0 heterocycles. The van der Waals surface area contributed by atoms with E-state index in [-0.39, 0.29) is 19.1 Å². The highest BCUT2D eigenvalue weighted by Crippen LogP contribution is 2.43. The lowest BCUT2D eigenvalue weighted by molar-refractivity contribution is -0.870. The van der Waals surface area contributed by atoms with Crippen molar-refractivity contribution in [2.75, 3.05) is 40.9 Å². The first-order valence-corrected chi connectivity index (χ1v) is 20.2. The van der Waals surface area contributed by atoms with Crippen LogP contribution in [0.5, 0.6) is 0 Å². The Morgan fingerprint density at radius 2 is 1.24 bits per heavy atom. The molecule has 1 amide bonds. The van der Waals surface area contributed by atoms with E-state index in [1.807, 2.05) is 21.1 Å². The number of amides is 1. The van der Waals surface area contributed by atoms with Crippen LogP contribution in [0.4, 0.5) is 0 Å². The van der Waals surface area contributed by atoms with Gasteiger partial charge < -0.3 is 19.8 Å². The van der Waals surface area contributed by atoms with Crippen LogP contribution in [0.1, 0.15) is 155 Å². The second-order valence-corrected chi connectivity index (χ2v) is 15.4. The Labute approximate surface area is 284 Å². The van der Waals surface area contributed by atoms with Gasteiger partial charge in [-0.05, 0) is 44.9 Å². The molecule has 0 spiro atoms. The molecule has 9 heteroatoms. The van der Waals surface area contributed by atoms with E-state index in [9.17, 15) is 19.4 Å². The molecule has 0 aromatic rings. The first kappa shape index (κ1) is 45.0. The van der Waals surface area contributed by atoms with Crippen LogP contribution in [0.25, 0.3) is 0 Å². The second-order valence-electron chi connectivity index (χ2n) is 14.0. The molecule has 0 saturated heterocycles. The number of hydrogen-bond acceptors (Lipinski definition) is 5. The zero-order valence-electron chi connectivity index (χ0n) is 30.6. The normalized spacial score (nSPS) is 15.0. The van der Waals surface area contributed by atoms with Crippen molar-refractivity contribution < 1.29 is 32.9 Å². The number of nitrogens with one attached hydrogen (secondary N) is 1. The average Bonchev–Trinajstić information content (AvgIpc) is 2.99. The number of phosphoric acid groups is 1. The van der Waals surface area contributed by atoms with Crippen molar-refractivity contribution >= 4 is 13.7 Å². The van der Waals surface area contributed by atoms with Gasteiger partial charge >= 0.3 is 7.82 Å². The summed E-state index contributed by atoms with van der Waals surface area (Å²) in [5, 5.41) is 13.5. The number of rotatable bonds is 33. The molecule has 0 rings (SSSR count). The van der Waals surface area contributed by atoms with E-state index in [2.05, 4.69) is 43.5 Å². The maximum Gasteiger partial charge on any atom is 0.472 e. The molecular weight excluding hydrogens is 599 g/mol. The van der Waals surface area contributed by atoms with Crippen molar-refractivity contribution in [3.05, 3.63) is 24.3 Å². The summed E-state index contributed by atoms with van der Waals surface area (Å²) in [5.41, 5.74) is 0. The standard InChI is InChI=1S/C37H73N2O6P/c1-6-8-10-11-12-13-14-15-16-17-18-19-20-21-22-23-24-25-26-27-29-31-37(41)38-35(36(40)30-28-9-7-2)34-45-46(42,43)44-33-32-39(3,4)5/h14-15,17-18,35-36,40H,6-13,16,19-34H2,1-5H3,(H-,38,41,42,43)/p+1/b15-14-,18-17-. The topological polar surface area (TPSA) is 105 Å². The quantitative estimate of drug-likeness (QED) is 0.0278. The molecule has 0 aromatic heterocycles. The Morgan fingerprint density at radius 1 is 0.739 bits per heavy atom. The molecule has 0 saturated carbocycles. The van der Waals surface area contributed by atoms with E-state index in [1.54, 1.807) is 0 Å². The predicted molar refractivity (Wildman–Crippen MR) is 194 cm³/mol. The number of carbonyl (C=O) groups is 1. The third kappa shape index (κ3) is 31.6. The third-order valence-electron chi connectivity index (χ3n) is 8.20. The number of carbonyl (C=O) groups excluding carboxylic acids is 1. The van der Waals surface area contributed by atoms with Gasteiger partial charge in [-0.2, -0.15) is 0 Å². The van der Waals surface area contributed by atoms with Crippen LogP contribution in [0, 0.1) is 0 Å². The van der Waals surface area contributed by atoms with Gasteiger partial charge in [0.2, 0.25) is 5.91 Å². The van der Waals surface area contributed by atoms with Crippen LogP contribution in [-0.4, -0.2) is 73.4 Å². The van der Waals surface area contributed by atoms with Gasteiger partial charge in [-0.3, -0.25) is 13.8 Å². The van der Waals surface area contributed by atoms with Crippen molar-refractivity contribution in [3.63, 3.8) is 0 Å². The SMILES string of the molecule is CCCCCCC/C=C\C/C=C\CCCCCCCCCCCC(=O)NC(COP(=O)(O)OCC[N+](C)(C)C)C(O)CCCCC. The molecule has 0 aromatic carbocycles. The van der Waals surface area contributed by atoms with E-state index >= 15 is 0 Å². The number of likely N-dealkylation sites (N-methyl/N-ethyl adjacent to an activating group) is 1. The Balaban J connectivity index is 4.04. The summed E-state index contributed by atoms with van der Waals surface area (Å²) in [6.07, 6.45) is 32.8. The smallest absolute Gasteiger partial charge is 0.391 e. The largest absolute Gasteiger partial charge is 0.472 e. The zero-order chi connectivity index (χ0) is 34.4. The van der Waals surface area contributed by atoms with Gasteiger partial charge in [-0.25, -0.2) is 4.57 Å². The molecule has 272 valence electrons. The minimum Gasteiger partial charge on any atom is -0.391 e. The fourth-order valence-corrected chi connectivity index (χ4v) is 5.87. The highest BCUT2D eigenvalue weighted by atomic mass is 31.2. The molecule has 3 atom stereocenters. The van der Waals surface area contributed by atoms with Gasteiger partial charge in [-0.15, -0.1) is 0 Å². The summed E-state index contributed by atoms with van der Waals surface area (Å²) in [7, 11) is 1.60. The van der Waals surface area contributed by atoms with Crippen LogP contribution in [0.2, 0.25) is 0 Å². The fourth-order valence-electron chi connectivity index (χ4n) is 5.13.